The predicted octanol–water partition coefficient (Wildman–Crippen LogP) is 2.56. The number of rotatable bonds is 2. The molecule has 0 aromatic heterocycles. The van der Waals surface area contributed by atoms with Gasteiger partial charge >= 0.3 is 0 Å². The number of nitrogens with zero attached hydrogens (tertiary/aromatic N) is 2. The number of benzene rings is 1. The van der Waals surface area contributed by atoms with Gasteiger partial charge in [-0.2, -0.15) is 5.10 Å². The molecule has 0 saturated heterocycles. The standard InChI is InChI=1S/C12H12N2/c1-3-7-12(8-4-1)11-14-10-6-2-5-9-13-14/h1-10H,11H2. The summed E-state index contributed by atoms with van der Waals surface area (Å²) in [7, 11) is 0. The van der Waals surface area contributed by atoms with Gasteiger partial charge < -0.3 is 0 Å². The lowest BCUT2D eigenvalue weighted by Crippen LogP contribution is -2.08. The minimum absolute atomic E-state index is 0.815. The van der Waals surface area contributed by atoms with Gasteiger partial charge in [0.1, 0.15) is 0 Å². The first-order chi connectivity index (χ1) is 6.95. The van der Waals surface area contributed by atoms with E-state index in [4.69, 9.17) is 0 Å². The minimum atomic E-state index is 0.815. The van der Waals surface area contributed by atoms with E-state index in [9.17, 15) is 0 Å². The lowest BCUT2D eigenvalue weighted by atomic mass is 10.2. The van der Waals surface area contributed by atoms with Crippen molar-refractivity contribution in [3.63, 3.8) is 0 Å². The summed E-state index contributed by atoms with van der Waals surface area (Å²) < 4.78 is 0. The quantitative estimate of drug-likeness (QED) is 0.689. The summed E-state index contributed by atoms with van der Waals surface area (Å²) in [6.07, 6.45) is 9.63. The van der Waals surface area contributed by atoms with Crippen molar-refractivity contribution < 1.29 is 0 Å². The van der Waals surface area contributed by atoms with Gasteiger partial charge in [0.05, 0.1) is 6.54 Å². The van der Waals surface area contributed by atoms with Gasteiger partial charge in [0.25, 0.3) is 0 Å². The van der Waals surface area contributed by atoms with Crippen LogP contribution >= 0.6 is 0 Å². The van der Waals surface area contributed by atoms with Crippen molar-refractivity contribution >= 4 is 6.21 Å². The van der Waals surface area contributed by atoms with Crippen LogP contribution in [0.3, 0.4) is 0 Å². The van der Waals surface area contributed by atoms with Gasteiger partial charge in [-0.1, -0.05) is 36.4 Å². The first-order valence-corrected chi connectivity index (χ1v) is 4.63. The molecule has 0 amide bonds. The Morgan fingerprint density at radius 1 is 1.00 bits per heavy atom. The van der Waals surface area contributed by atoms with Crippen molar-refractivity contribution in [2.75, 3.05) is 0 Å². The highest BCUT2D eigenvalue weighted by molar-refractivity contribution is 5.71. The van der Waals surface area contributed by atoms with E-state index >= 15 is 0 Å². The van der Waals surface area contributed by atoms with E-state index in [1.54, 1.807) is 6.21 Å². The molecule has 1 aliphatic rings. The van der Waals surface area contributed by atoms with Gasteiger partial charge in [-0.15, -0.1) is 0 Å². The third-order valence-electron chi connectivity index (χ3n) is 1.97. The zero-order chi connectivity index (χ0) is 9.64. The lowest BCUT2D eigenvalue weighted by Gasteiger charge is -2.12. The van der Waals surface area contributed by atoms with Crippen molar-refractivity contribution in [1.29, 1.82) is 0 Å². The van der Waals surface area contributed by atoms with E-state index in [1.165, 1.54) is 5.56 Å². The molecule has 14 heavy (non-hydrogen) atoms. The number of hydrogen-bond acceptors (Lipinski definition) is 2. The van der Waals surface area contributed by atoms with Crippen LogP contribution < -0.4 is 0 Å². The average molecular weight is 184 g/mol. The van der Waals surface area contributed by atoms with Gasteiger partial charge in [-0.3, -0.25) is 5.01 Å². The van der Waals surface area contributed by atoms with Gasteiger partial charge in [0.15, 0.2) is 0 Å². The molecule has 1 heterocycles. The maximum atomic E-state index is 4.25. The van der Waals surface area contributed by atoms with Crippen LogP contribution in [-0.2, 0) is 6.54 Å². The van der Waals surface area contributed by atoms with Crippen LogP contribution in [0.5, 0.6) is 0 Å². The third-order valence-corrected chi connectivity index (χ3v) is 1.97. The van der Waals surface area contributed by atoms with E-state index in [1.807, 2.05) is 47.6 Å². The molecule has 1 aromatic rings. The van der Waals surface area contributed by atoms with Gasteiger partial charge in [-0.25, -0.2) is 0 Å². The van der Waals surface area contributed by atoms with E-state index in [2.05, 4.69) is 17.2 Å². The van der Waals surface area contributed by atoms with Crippen molar-refractivity contribution in [1.82, 2.24) is 5.01 Å². The summed E-state index contributed by atoms with van der Waals surface area (Å²) >= 11 is 0. The predicted molar refractivity (Wildman–Crippen MR) is 58.8 cm³/mol. The molecule has 0 fully saturated rings. The molecular weight excluding hydrogens is 172 g/mol. The summed E-state index contributed by atoms with van der Waals surface area (Å²) in [5, 5.41) is 6.17. The fourth-order valence-electron chi connectivity index (χ4n) is 1.29. The largest absolute Gasteiger partial charge is 0.268 e. The zero-order valence-electron chi connectivity index (χ0n) is 7.88. The number of hydrogen-bond donors (Lipinski definition) is 0. The van der Waals surface area contributed by atoms with Crippen LogP contribution in [0.2, 0.25) is 0 Å². The Balaban J connectivity index is 2.05. The first-order valence-electron chi connectivity index (χ1n) is 4.63. The van der Waals surface area contributed by atoms with Gasteiger partial charge in [0, 0.05) is 12.4 Å². The Kier molecular flexibility index (Phi) is 2.76. The molecule has 0 bridgehead atoms. The van der Waals surface area contributed by atoms with Crippen LogP contribution in [-0.4, -0.2) is 11.2 Å². The molecule has 0 atom stereocenters. The zero-order valence-corrected chi connectivity index (χ0v) is 7.88. The fraction of sp³-hybridized carbons (Fsp3) is 0.0833. The molecule has 0 saturated carbocycles. The molecule has 0 unspecified atom stereocenters. The van der Waals surface area contributed by atoms with E-state index < -0.39 is 0 Å². The average Bonchev–Trinajstić information content (AvgIpc) is 2.48. The second-order valence-electron chi connectivity index (χ2n) is 3.07. The molecule has 0 radical (unpaired) electrons. The Bertz CT molecular complexity index is 347. The highest BCUT2D eigenvalue weighted by Gasteiger charge is 1.97. The summed E-state index contributed by atoms with van der Waals surface area (Å²) in [6, 6.07) is 10.3. The molecule has 1 aliphatic heterocycles. The Hall–Kier alpha value is -1.83. The molecule has 2 heteroatoms. The monoisotopic (exact) mass is 184 g/mol. The maximum absolute atomic E-state index is 4.25. The highest BCUT2D eigenvalue weighted by atomic mass is 15.4. The Labute approximate surface area is 83.9 Å². The first kappa shape index (κ1) is 8.75. The molecule has 0 aliphatic carbocycles. The maximum Gasteiger partial charge on any atom is 0.0659 e. The second kappa shape index (κ2) is 4.42. The van der Waals surface area contributed by atoms with Crippen LogP contribution in [0.4, 0.5) is 0 Å². The topological polar surface area (TPSA) is 15.6 Å². The van der Waals surface area contributed by atoms with Crippen LogP contribution in [0, 0.1) is 0 Å². The lowest BCUT2D eigenvalue weighted by molar-refractivity contribution is 0.395. The van der Waals surface area contributed by atoms with E-state index in [0.29, 0.717) is 0 Å². The summed E-state index contributed by atoms with van der Waals surface area (Å²) in [5.41, 5.74) is 1.26. The second-order valence-corrected chi connectivity index (χ2v) is 3.07. The van der Waals surface area contributed by atoms with E-state index in [0.717, 1.165) is 6.54 Å². The minimum Gasteiger partial charge on any atom is -0.268 e. The van der Waals surface area contributed by atoms with Gasteiger partial charge in [0.2, 0.25) is 0 Å². The molecule has 70 valence electrons. The molecule has 2 nitrogen and oxygen atoms in total. The van der Waals surface area contributed by atoms with Crippen LogP contribution in [0.25, 0.3) is 0 Å². The summed E-state index contributed by atoms with van der Waals surface area (Å²) in [4.78, 5) is 0. The summed E-state index contributed by atoms with van der Waals surface area (Å²) in [5.74, 6) is 0. The smallest absolute Gasteiger partial charge is 0.0659 e. The molecular formula is C12H12N2. The molecule has 1 aromatic carbocycles. The van der Waals surface area contributed by atoms with E-state index in [-0.39, 0.29) is 0 Å². The molecule has 0 spiro atoms. The Morgan fingerprint density at radius 3 is 2.71 bits per heavy atom. The van der Waals surface area contributed by atoms with Crippen LogP contribution in [0.1, 0.15) is 5.56 Å². The van der Waals surface area contributed by atoms with Crippen molar-refractivity contribution in [2.24, 2.45) is 5.10 Å². The van der Waals surface area contributed by atoms with Crippen molar-refractivity contribution in [3.05, 3.63) is 60.3 Å². The Morgan fingerprint density at radius 2 is 1.86 bits per heavy atom. The fourth-order valence-corrected chi connectivity index (χ4v) is 1.29. The SMILES string of the molecule is C1=CC=NN(Cc2ccccc2)C=C1. The van der Waals surface area contributed by atoms with Crippen LogP contribution in [0.15, 0.2) is 59.9 Å². The van der Waals surface area contributed by atoms with Crippen molar-refractivity contribution in [3.8, 4) is 0 Å². The summed E-state index contributed by atoms with van der Waals surface area (Å²) in [6.45, 7) is 0.815. The normalized spacial score (nSPS) is 14.4. The number of allylic oxidation sites excluding steroid dienone is 3. The molecule has 2 rings (SSSR count). The van der Waals surface area contributed by atoms with Gasteiger partial charge in [-0.05, 0) is 17.7 Å². The number of hydrazone groups is 1. The molecule has 0 N–H and O–H groups in total. The van der Waals surface area contributed by atoms with Crippen molar-refractivity contribution in [2.45, 2.75) is 6.54 Å². The third kappa shape index (κ3) is 2.33. The highest BCUT2D eigenvalue weighted by Crippen LogP contribution is 2.06.